The number of hydrogen-bond acceptors (Lipinski definition) is 3. The first kappa shape index (κ1) is 11.3. The van der Waals surface area contributed by atoms with Crippen molar-refractivity contribution in [2.24, 2.45) is 0 Å². The summed E-state index contributed by atoms with van der Waals surface area (Å²) in [5.74, 6) is 0.00324. The van der Waals surface area contributed by atoms with E-state index in [9.17, 15) is 4.79 Å². The molecule has 16 heavy (non-hydrogen) atoms. The molecular weight excluding hydrogens is 226 g/mol. The smallest absolute Gasteiger partial charge is 0.238 e. The Morgan fingerprint density at radius 3 is 2.88 bits per heavy atom. The minimum absolute atomic E-state index is 0.0256. The molecule has 1 aromatic heterocycles. The molecule has 5 heteroatoms. The maximum absolute atomic E-state index is 11.8. The van der Waals surface area contributed by atoms with E-state index in [1.54, 1.807) is 18.6 Å². The lowest BCUT2D eigenvalue weighted by atomic mass is 10.2. The fourth-order valence-electron chi connectivity index (χ4n) is 1.83. The largest absolute Gasteiger partial charge is 0.330 e. The van der Waals surface area contributed by atoms with Crippen LogP contribution in [0, 0.1) is 0 Å². The average molecular weight is 240 g/mol. The summed E-state index contributed by atoms with van der Waals surface area (Å²) in [4.78, 5) is 21.8. The van der Waals surface area contributed by atoms with Crippen LogP contribution in [0.15, 0.2) is 18.6 Å². The molecule has 1 aromatic rings. The van der Waals surface area contributed by atoms with Gasteiger partial charge in [-0.3, -0.25) is 14.8 Å². The van der Waals surface area contributed by atoms with Gasteiger partial charge in [0.05, 0.1) is 17.9 Å². The van der Waals surface area contributed by atoms with Crippen molar-refractivity contribution in [3.8, 4) is 0 Å². The molecule has 1 heterocycles. The molecule has 2 rings (SSSR count). The van der Waals surface area contributed by atoms with Crippen molar-refractivity contribution in [1.82, 2.24) is 14.9 Å². The molecule has 0 spiro atoms. The molecule has 0 aliphatic heterocycles. The molecule has 0 aromatic carbocycles. The zero-order valence-electron chi connectivity index (χ0n) is 9.14. The predicted octanol–water partition coefficient (Wildman–Crippen LogP) is 1.77. The highest BCUT2D eigenvalue weighted by molar-refractivity contribution is 6.27. The molecule has 1 fully saturated rings. The zero-order valence-corrected chi connectivity index (χ0v) is 9.89. The predicted molar refractivity (Wildman–Crippen MR) is 61.0 cm³/mol. The number of carbonyl (C=O) groups is 1. The Morgan fingerprint density at radius 2 is 2.38 bits per heavy atom. The van der Waals surface area contributed by atoms with Crippen LogP contribution in [0.5, 0.6) is 0 Å². The zero-order chi connectivity index (χ0) is 11.5. The van der Waals surface area contributed by atoms with E-state index in [1.807, 2.05) is 11.8 Å². The number of aromatic nitrogens is 2. The van der Waals surface area contributed by atoms with Gasteiger partial charge in [0.1, 0.15) is 5.88 Å². The molecule has 0 bridgehead atoms. The topological polar surface area (TPSA) is 46.1 Å². The first-order valence-corrected chi connectivity index (χ1v) is 5.90. The van der Waals surface area contributed by atoms with Crippen LogP contribution in [0.3, 0.4) is 0 Å². The summed E-state index contributed by atoms with van der Waals surface area (Å²) in [6, 6.07) is 0.288. The van der Waals surface area contributed by atoms with E-state index in [4.69, 9.17) is 11.6 Å². The second-order valence-corrected chi connectivity index (χ2v) is 4.24. The lowest BCUT2D eigenvalue weighted by Gasteiger charge is -2.28. The lowest BCUT2D eigenvalue weighted by Crippen LogP contribution is -2.36. The molecule has 86 valence electrons. The van der Waals surface area contributed by atoms with Crippen molar-refractivity contribution in [3.63, 3.8) is 0 Å². The number of halogens is 1. The van der Waals surface area contributed by atoms with Crippen LogP contribution in [-0.4, -0.2) is 32.7 Å². The van der Waals surface area contributed by atoms with E-state index in [0.29, 0.717) is 6.04 Å². The molecule has 1 aliphatic rings. The molecule has 0 radical (unpaired) electrons. The Bertz CT molecular complexity index is 367. The third-order valence-corrected chi connectivity index (χ3v) is 3.00. The van der Waals surface area contributed by atoms with Crippen LogP contribution in [-0.2, 0) is 4.79 Å². The van der Waals surface area contributed by atoms with Gasteiger partial charge in [-0.2, -0.15) is 0 Å². The highest BCUT2D eigenvalue weighted by atomic mass is 35.5. The van der Waals surface area contributed by atoms with Gasteiger partial charge in [0.2, 0.25) is 5.91 Å². The van der Waals surface area contributed by atoms with Crippen LogP contribution >= 0.6 is 11.6 Å². The fraction of sp³-hybridized carbons (Fsp3) is 0.545. The van der Waals surface area contributed by atoms with Gasteiger partial charge in [-0.1, -0.05) is 0 Å². The molecule has 4 nitrogen and oxygen atoms in total. The Morgan fingerprint density at radius 1 is 1.62 bits per heavy atom. The Balaban J connectivity index is 2.17. The lowest BCUT2D eigenvalue weighted by molar-refractivity contribution is -0.131. The quantitative estimate of drug-likeness (QED) is 0.753. The van der Waals surface area contributed by atoms with Crippen LogP contribution in [0.25, 0.3) is 0 Å². The number of amides is 1. The minimum atomic E-state index is -0.0487. The highest BCUT2D eigenvalue weighted by Gasteiger charge is 2.36. The van der Waals surface area contributed by atoms with Gasteiger partial charge < -0.3 is 4.90 Å². The van der Waals surface area contributed by atoms with Crippen LogP contribution < -0.4 is 0 Å². The van der Waals surface area contributed by atoms with Crippen molar-refractivity contribution in [1.29, 1.82) is 0 Å². The summed E-state index contributed by atoms with van der Waals surface area (Å²) in [6.07, 6.45) is 7.09. The maximum Gasteiger partial charge on any atom is 0.238 e. The standard InChI is InChI=1S/C11H14ClN3O/c1-8(10-7-13-4-5-14-10)15(9-2-3-9)11(16)6-12/h4-5,7-9H,2-3,6H2,1H3. The second kappa shape index (κ2) is 4.78. The highest BCUT2D eigenvalue weighted by Crippen LogP contribution is 2.33. The Labute approximate surface area is 99.6 Å². The van der Waals surface area contributed by atoms with Crippen molar-refractivity contribution in [2.75, 3.05) is 5.88 Å². The third-order valence-electron chi connectivity index (χ3n) is 2.77. The molecule has 0 saturated heterocycles. The van der Waals surface area contributed by atoms with Gasteiger partial charge in [0, 0.05) is 18.4 Å². The Hall–Kier alpha value is -1.16. The van der Waals surface area contributed by atoms with Crippen LogP contribution in [0.2, 0.25) is 0 Å². The summed E-state index contributed by atoms with van der Waals surface area (Å²) < 4.78 is 0. The second-order valence-electron chi connectivity index (χ2n) is 3.97. The first-order chi connectivity index (χ1) is 7.74. The van der Waals surface area contributed by atoms with E-state index in [-0.39, 0.29) is 17.8 Å². The van der Waals surface area contributed by atoms with Crippen molar-refractivity contribution >= 4 is 17.5 Å². The monoisotopic (exact) mass is 239 g/mol. The third kappa shape index (κ3) is 2.32. The van der Waals surface area contributed by atoms with Crippen molar-refractivity contribution in [3.05, 3.63) is 24.3 Å². The number of alkyl halides is 1. The molecule has 1 unspecified atom stereocenters. The summed E-state index contributed by atoms with van der Waals surface area (Å²) in [5.41, 5.74) is 0.813. The van der Waals surface area contributed by atoms with Crippen LogP contribution in [0.1, 0.15) is 31.5 Å². The number of rotatable bonds is 4. The number of carbonyl (C=O) groups excluding carboxylic acids is 1. The van der Waals surface area contributed by atoms with E-state index >= 15 is 0 Å². The van der Waals surface area contributed by atoms with Gasteiger partial charge in [-0.15, -0.1) is 11.6 Å². The number of nitrogens with zero attached hydrogens (tertiary/aromatic N) is 3. The molecule has 1 saturated carbocycles. The summed E-state index contributed by atoms with van der Waals surface area (Å²) in [5, 5.41) is 0. The molecule has 1 amide bonds. The maximum atomic E-state index is 11.8. The van der Waals surface area contributed by atoms with E-state index < -0.39 is 0 Å². The summed E-state index contributed by atoms with van der Waals surface area (Å²) >= 11 is 5.62. The van der Waals surface area contributed by atoms with Gasteiger partial charge in [0.25, 0.3) is 0 Å². The minimum Gasteiger partial charge on any atom is -0.330 e. The van der Waals surface area contributed by atoms with Crippen molar-refractivity contribution < 1.29 is 4.79 Å². The van der Waals surface area contributed by atoms with E-state index in [0.717, 1.165) is 18.5 Å². The van der Waals surface area contributed by atoms with Gasteiger partial charge in [0.15, 0.2) is 0 Å². The van der Waals surface area contributed by atoms with E-state index in [1.165, 1.54) is 0 Å². The Kier molecular flexibility index (Phi) is 3.39. The molecular formula is C11H14ClN3O. The first-order valence-electron chi connectivity index (χ1n) is 5.37. The summed E-state index contributed by atoms with van der Waals surface area (Å²) in [7, 11) is 0. The SMILES string of the molecule is CC(c1cnccn1)N(C(=O)CCl)C1CC1. The molecule has 1 aliphatic carbocycles. The molecule has 0 N–H and O–H groups in total. The normalized spacial score (nSPS) is 16.9. The van der Waals surface area contributed by atoms with Gasteiger partial charge >= 0.3 is 0 Å². The molecule has 1 atom stereocenters. The average Bonchev–Trinajstić information content (AvgIpc) is 3.14. The van der Waals surface area contributed by atoms with Crippen molar-refractivity contribution in [2.45, 2.75) is 31.8 Å². The fourth-order valence-corrected chi connectivity index (χ4v) is 1.96. The van der Waals surface area contributed by atoms with Gasteiger partial charge in [-0.05, 0) is 19.8 Å². The van der Waals surface area contributed by atoms with Gasteiger partial charge in [-0.25, -0.2) is 0 Å². The summed E-state index contributed by atoms with van der Waals surface area (Å²) in [6.45, 7) is 1.97. The number of hydrogen-bond donors (Lipinski definition) is 0. The van der Waals surface area contributed by atoms with Crippen LogP contribution in [0.4, 0.5) is 0 Å². The van der Waals surface area contributed by atoms with E-state index in [2.05, 4.69) is 9.97 Å².